The van der Waals surface area contributed by atoms with Gasteiger partial charge >= 0.3 is 0 Å². The predicted molar refractivity (Wildman–Crippen MR) is 109 cm³/mol. The monoisotopic (exact) mass is 390 g/mol. The number of nitrogens with zero attached hydrogens (tertiary/aromatic N) is 4. The fraction of sp³-hybridized carbons (Fsp3) is 0.190. The lowest BCUT2D eigenvalue weighted by molar-refractivity contribution is 0.0962. The third kappa shape index (κ3) is 3.03. The number of benzene rings is 2. The van der Waals surface area contributed by atoms with Gasteiger partial charge < -0.3 is 9.64 Å². The third-order valence-electron chi connectivity index (χ3n) is 4.75. The van der Waals surface area contributed by atoms with Gasteiger partial charge in [0, 0.05) is 12.2 Å². The van der Waals surface area contributed by atoms with Crippen LogP contribution in [0.3, 0.4) is 0 Å². The Balaban J connectivity index is 1.38. The average Bonchev–Trinajstić information content (AvgIpc) is 3.29. The number of carbonyl (C=O) groups is 1. The van der Waals surface area contributed by atoms with Crippen molar-refractivity contribution in [2.75, 3.05) is 11.4 Å². The van der Waals surface area contributed by atoms with Crippen LogP contribution in [0.25, 0.3) is 10.2 Å². The second-order valence-electron chi connectivity index (χ2n) is 6.69. The van der Waals surface area contributed by atoms with Crippen molar-refractivity contribution < 1.29 is 9.53 Å². The van der Waals surface area contributed by atoms with E-state index in [4.69, 9.17) is 4.74 Å². The summed E-state index contributed by atoms with van der Waals surface area (Å²) in [7, 11) is 0. The largest absolute Gasteiger partial charge is 0.487 e. The summed E-state index contributed by atoms with van der Waals surface area (Å²) < 4.78 is 8.67. The molecule has 0 unspecified atom stereocenters. The van der Waals surface area contributed by atoms with Crippen molar-refractivity contribution in [2.45, 2.75) is 20.1 Å². The maximum absolute atomic E-state index is 13.1. The van der Waals surface area contributed by atoms with Gasteiger partial charge in [-0.15, -0.1) is 11.3 Å². The first-order valence-electron chi connectivity index (χ1n) is 9.11. The first kappa shape index (κ1) is 16.9. The van der Waals surface area contributed by atoms with Crippen molar-refractivity contribution in [1.82, 2.24) is 14.8 Å². The van der Waals surface area contributed by atoms with Crippen molar-refractivity contribution in [3.63, 3.8) is 0 Å². The second kappa shape index (κ2) is 6.76. The van der Waals surface area contributed by atoms with Crippen molar-refractivity contribution >= 4 is 33.1 Å². The zero-order valence-corrected chi connectivity index (χ0v) is 16.1. The Hall–Kier alpha value is -3.19. The summed E-state index contributed by atoms with van der Waals surface area (Å²) in [6.07, 6.45) is 0. The minimum absolute atomic E-state index is 0.0454. The molecule has 0 bridgehead atoms. The Morgan fingerprint density at radius 1 is 1.11 bits per heavy atom. The lowest BCUT2D eigenvalue weighted by Crippen LogP contribution is -2.40. The molecule has 0 saturated heterocycles. The van der Waals surface area contributed by atoms with Crippen LogP contribution in [0, 0.1) is 6.92 Å². The van der Waals surface area contributed by atoms with E-state index in [9.17, 15) is 4.79 Å². The Kier molecular flexibility index (Phi) is 4.09. The van der Waals surface area contributed by atoms with E-state index < -0.39 is 0 Å². The van der Waals surface area contributed by atoms with Crippen molar-refractivity contribution in [3.05, 3.63) is 71.0 Å². The van der Waals surface area contributed by atoms with E-state index >= 15 is 0 Å². The smallest absolute Gasteiger partial charge is 0.276 e. The molecule has 0 N–H and O–H groups in total. The van der Waals surface area contributed by atoms with E-state index in [0.29, 0.717) is 25.4 Å². The maximum atomic E-state index is 13.1. The zero-order chi connectivity index (χ0) is 19.1. The van der Waals surface area contributed by atoms with Crippen LogP contribution < -0.4 is 9.64 Å². The summed E-state index contributed by atoms with van der Waals surface area (Å²) >= 11 is 1.66. The van der Waals surface area contributed by atoms with Gasteiger partial charge in [0.25, 0.3) is 5.91 Å². The number of carbonyl (C=O) groups excluding carboxylic acids is 1. The van der Waals surface area contributed by atoms with Gasteiger partial charge in [-0.25, -0.2) is 4.98 Å². The fourth-order valence-corrected chi connectivity index (χ4v) is 4.24. The summed E-state index contributed by atoms with van der Waals surface area (Å²) in [5.41, 5.74) is 3.15. The molecule has 2 aromatic carbocycles. The van der Waals surface area contributed by atoms with Crippen LogP contribution in [0.15, 0.2) is 54.6 Å². The lowest BCUT2D eigenvalue weighted by Gasteiger charge is -2.27. The zero-order valence-electron chi connectivity index (χ0n) is 15.3. The molecule has 0 spiro atoms. The van der Waals surface area contributed by atoms with Crippen molar-refractivity contribution in [1.29, 1.82) is 0 Å². The lowest BCUT2D eigenvalue weighted by atomic mass is 10.2. The van der Waals surface area contributed by atoms with Gasteiger partial charge in [0.1, 0.15) is 23.7 Å². The van der Waals surface area contributed by atoms with Gasteiger partial charge in [0.15, 0.2) is 0 Å². The van der Waals surface area contributed by atoms with E-state index in [-0.39, 0.29) is 5.91 Å². The molecule has 28 heavy (non-hydrogen) atoms. The number of anilines is 1. The quantitative estimate of drug-likeness (QED) is 0.528. The number of hydrogen-bond donors (Lipinski definition) is 0. The van der Waals surface area contributed by atoms with Crippen LogP contribution in [0.2, 0.25) is 0 Å². The van der Waals surface area contributed by atoms with Gasteiger partial charge in [0.2, 0.25) is 0 Å². The normalized spacial score (nSPS) is 13.8. The Morgan fingerprint density at radius 2 is 1.96 bits per heavy atom. The van der Waals surface area contributed by atoms with Crippen LogP contribution in [-0.2, 0) is 13.2 Å². The van der Waals surface area contributed by atoms with Crippen LogP contribution in [-0.4, -0.2) is 27.2 Å². The van der Waals surface area contributed by atoms with Gasteiger partial charge in [-0.3, -0.25) is 9.48 Å². The highest BCUT2D eigenvalue weighted by atomic mass is 32.1. The summed E-state index contributed by atoms with van der Waals surface area (Å²) in [5.74, 6) is 0.740. The molecule has 1 amide bonds. The van der Waals surface area contributed by atoms with Crippen LogP contribution in [0.4, 0.5) is 5.69 Å². The number of rotatable bonds is 4. The molecule has 0 atom stereocenters. The number of aryl methyl sites for hydroxylation is 1. The number of amides is 1. The number of fused-ring (bicyclic) bond motifs is 2. The molecule has 6 nitrogen and oxygen atoms in total. The molecule has 5 rings (SSSR count). The summed E-state index contributed by atoms with van der Waals surface area (Å²) in [4.78, 5) is 19.4. The van der Waals surface area contributed by atoms with Crippen molar-refractivity contribution in [2.24, 2.45) is 0 Å². The summed E-state index contributed by atoms with van der Waals surface area (Å²) in [5, 5.41) is 5.56. The molecule has 4 aromatic rings. The molecule has 0 saturated carbocycles. The van der Waals surface area contributed by atoms with Crippen LogP contribution in [0.5, 0.6) is 5.75 Å². The topological polar surface area (TPSA) is 60.3 Å². The third-order valence-corrected chi connectivity index (χ3v) is 5.70. The first-order valence-corrected chi connectivity index (χ1v) is 9.93. The van der Waals surface area contributed by atoms with Gasteiger partial charge in [-0.2, -0.15) is 5.10 Å². The standard InChI is InChI=1S/C21H18N4O2S/c1-14-22-18-12-16(7-8-20(18)28-14)24-9-10-25-19(21(24)26)11-15(23-25)13-27-17-5-3-2-4-6-17/h2-8,11-12H,9-10,13H2,1H3. The molecule has 0 fully saturated rings. The molecular formula is C21H18N4O2S. The number of thiazole rings is 1. The first-order chi connectivity index (χ1) is 13.7. The minimum Gasteiger partial charge on any atom is -0.487 e. The minimum atomic E-state index is -0.0454. The fourth-order valence-electron chi connectivity index (χ4n) is 3.44. The molecule has 0 radical (unpaired) electrons. The van der Waals surface area contributed by atoms with Crippen LogP contribution in [0.1, 0.15) is 21.2 Å². The second-order valence-corrected chi connectivity index (χ2v) is 7.92. The number of hydrogen-bond acceptors (Lipinski definition) is 5. The Labute approximate surface area is 166 Å². The number of para-hydroxylation sites is 1. The van der Waals surface area contributed by atoms with Gasteiger partial charge in [-0.1, -0.05) is 18.2 Å². The molecule has 140 valence electrons. The maximum Gasteiger partial charge on any atom is 0.276 e. The van der Waals surface area contributed by atoms with Crippen molar-refractivity contribution in [3.8, 4) is 5.75 Å². The molecule has 1 aliphatic heterocycles. The number of ether oxygens (including phenoxy) is 1. The molecule has 7 heteroatoms. The van der Waals surface area contributed by atoms with Gasteiger partial charge in [-0.05, 0) is 43.3 Å². The van der Waals surface area contributed by atoms with E-state index in [2.05, 4.69) is 10.1 Å². The summed E-state index contributed by atoms with van der Waals surface area (Å²) in [6.45, 7) is 3.57. The van der Waals surface area contributed by atoms with E-state index in [1.54, 1.807) is 20.9 Å². The molecule has 2 aromatic heterocycles. The highest BCUT2D eigenvalue weighted by molar-refractivity contribution is 7.18. The van der Waals surface area contributed by atoms with E-state index in [1.165, 1.54) is 0 Å². The summed E-state index contributed by atoms with van der Waals surface area (Å²) in [6, 6.07) is 17.4. The highest BCUT2D eigenvalue weighted by Gasteiger charge is 2.28. The average molecular weight is 390 g/mol. The Bertz CT molecular complexity index is 1170. The molecular weight excluding hydrogens is 372 g/mol. The number of aromatic nitrogens is 3. The molecule has 1 aliphatic rings. The highest BCUT2D eigenvalue weighted by Crippen LogP contribution is 2.28. The van der Waals surface area contributed by atoms with Gasteiger partial charge in [0.05, 0.1) is 21.8 Å². The van der Waals surface area contributed by atoms with Crippen LogP contribution >= 0.6 is 11.3 Å². The Morgan fingerprint density at radius 3 is 2.82 bits per heavy atom. The molecule has 0 aliphatic carbocycles. The SMILES string of the molecule is Cc1nc2cc(N3CCn4nc(COc5ccccc5)cc4C3=O)ccc2s1. The molecule has 3 heterocycles. The predicted octanol–water partition coefficient (Wildman–Crippen LogP) is 4.04. The van der Waals surface area contributed by atoms with E-state index in [1.807, 2.05) is 61.5 Å². The van der Waals surface area contributed by atoms with E-state index in [0.717, 1.165) is 32.4 Å².